The number of nitrogens with zero attached hydrogens (tertiary/aromatic N) is 2. The summed E-state index contributed by atoms with van der Waals surface area (Å²) in [6.45, 7) is 13.0. The maximum Gasteiger partial charge on any atom is 0.150 e. The van der Waals surface area contributed by atoms with E-state index in [0.29, 0.717) is 22.1 Å². The topological polar surface area (TPSA) is 60.0 Å². The van der Waals surface area contributed by atoms with E-state index in [1.54, 1.807) is 25.3 Å². The van der Waals surface area contributed by atoms with Crippen LogP contribution >= 0.6 is 11.6 Å². The van der Waals surface area contributed by atoms with Crippen LogP contribution in [0.5, 0.6) is 5.75 Å². The number of methoxy groups -OCH3 is 1. The van der Waals surface area contributed by atoms with E-state index in [9.17, 15) is 0 Å². The molecule has 5 heteroatoms. The molecule has 140 valence electrons. The van der Waals surface area contributed by atoms with Gasteiger partial charge in [0, 0.05) is 10.6 Å². The maximum absolute atomic E-state index is 6.05. The summed E-state index contributed by atoms with van der Waals surface area (Å²) in [6, 6.07) is 9.38. The number of halogens is 1. The molecule has 0 saturated carbocycles. The zero-order chi connectivity index (χ0) is 19.7. The van der Waals surface area contributed by atoms with Crippen LogP contribution < -0.4 is 10.5 Å². The Kier molecular flexibility index (Phi) is 5.67. The lowest BCUT2D eigenvalue weighted by molar-refractivity contribution is 0.397. The first-order chi connectivity index (χ1) is 11.9. The Labute approximate surface area is 161 Å². The Balaban J connectivity index is 2.66. The van der Waals surface area contributed by atoms with Gasteiger partial charge in [-0.25, -0.2) is 0 Å². The number of rotatable bonds is 3. The van der Waals surface area contributed by atoms with Crippen molar-refractivity contribution in [2.24, 2.45) is 10.2 Å². The minimum absolute atomic E-state index is 0.0222. The number of anilines is 1. The first-order valence-corrected chi connectivity index (χ1v) is 9.01. The van der Waals surface area contributed by atoms with Gasteiger partial charge in [0.2, 0.25) is 0 Å². The molecule has 0 aliphatic heterocycles. The zero-order valence-electron chi connectivity index (χ0n) is 16.6. The Morgan fingerprint density at radius 1 is 0.885 bits per heavy atom. The average molecular weight is 374 g/mol. The highest BCUT2D eigenvalue weighted by molar-refractivity contribution is 6.31. The van der Waals surface area contributed by atoms with Crippen molar-refractivity contribution < 1.29 is 4.74 Å². The third-order valence-electron chi connectivity index (χ3n) is 4.21. The van der Waals surface area contributed by atoms with Gasteiger partial charge in [-0.05, 0) is 40.7 Å². The lowest BCUT2D eigenvalue weighted by Crippen LogP contribution is -2.17. The number of nitrogens with two attached hydrogens (primary N) is 1. The van der Waals surface area contributed by atoms with Crippen LogP contribution in [0.3, 0.4) is 0 Å². The van der Waals surface area contributed by atoms with Crippen molar-refractivity contribution in [3.63, 3.8) is 0 Å². The molecule has 2 N–H and O–H groups in total. The molecule has 2 aromatic carbocycles. The van der Waals surface area contributed by atoms with Gasteiger partial charge in [-0.15, -0.1) is 10.2 Å². The third kappa shape index (κ3) is 4.55. The summed E-state index contributed by atoms with van der Waals surface area (Å²) >= 11 is 6.05. The van der Waals surface area contributed by atoms with Crippen LogP contribution in [0.1, 0.15) is 52.7 Å². The first-order valence-electron chi connectivity index (χ1n) is 8.63. The molecule has 0 bridgehead atoms. The largest absolute Gasteiger partial charge is 0.494 e. The quantitative estimate of drug-likeness (QED) is 0.467. The summed E-state index contributed by atoms with van der Waals surface area (Å²) in [4.78, 5) is 0. The third-order valence-corrected chi connectivity index (χ3v) is 4.44. The molecular weight excluding hydrogens is 346 g/mol. The minimum atomic E-state index is -0.0913. The first kappa shape index (κ1) is 20.2. The van der Waals surface area contributed by atoms with Crippen molar-refractivity contribution in [1.29, 1.82) is 0 Å². The summed E-state index contributed by atoms with van der Waals surface area (Å²) in [7, 11) is 1.66. The lowest BCUT2D eigenvalue weighted by atomic mass is 9.80. The highest BCUT2D eigenvalue weighted by Gasteiger charge is 2.25. The summed E-state index contributed by atoms with van der Waals surface area (Å²) < 4.78 is 5.70. The molecule has 2 rings (SSSR count). The van der Waals surface area contributed by atoms with E-state index in [2.05, 4.69) is 57.8 Å². The van der Waals surface area contributed by atoms with Crippen LogP contribution in [0.4, 0.5) is 17.1 Å². The highest BCUT2D eigenvalue weighted by Crippen LogP contribution is 2.43. The SMILES string of the molecule is COc1c(N=Nc2cc(Cl)ccc2N)cc(C(C)(C)C)cc1C(C)(C)C. The average Bonchev–Trinajstić information content (AvgIpc) is 2.53. The molecule has 0 unspecified atom stereocenters. The standard InChI is InChI=1S/C21H28ClN3O/c1-20(2,3)13-10-15(21(4,5)6)19(26-7)18(11-13)25-24-17-12-14(22)8-9-16(17)23/h8-12H,23H2,1-7H3. The second-order valence-electron chi connectivity index (χ2n) is 8.48. The molecule has 0 aliphatic rings. The van der Waals surface area contributed by atoms with Crippen molar-refractivity contribution in [3.05, 3.63) is 46.5 Å². The van der Waals surface area contributed by atoms with E-state index < -0.39 is 0 Å². The van der Waals surface area contributed by atoms with Crippen LogP contribution in [0.2, 0.25) is 5.02 Å². The van der Waals surface area contributed by atoms with Gasteiger partial charge >= 0.3 is 0 Å². The van der Waals surface area contributed by atoms with E-state index in [0.717, 1.165) is 11.3 Å². The van der Waals surface area contributed by atoms with E-state index >= 15 is 0 Å². The predicted octanol–water partition coefficient (Wildman–Crippen LogP) is 6.94. The van der Waals surface area contributed by atoms with Crippen LogP contribution in [-0.2, 0) is 10.8 Å². The molecule has 2 aromatic rings. The molecule has 0 radical (unpaired) electrons. The number of hydrogen-bond donors (Lipinski definition) is 1. The lowest BCUT2D eigenvalue weighted by Gasteiger charge is -2.27. The van der Waals surface area contributed by atoms with E-state index in [1.807, 2.05) is 6.07 Å². The highest BCUT2D eigenvalue weighted by atomic mass is 35.5. The minimum Gasteiger partial charge on any atom is -0.494 e. The number of ether oxygens (including phenoxy) is 1. The zero-order valence-corrected chi connectivity index (χ0v) is 17.4. The Morgan fingerprint density at radius 3 is 2.04 bits per heavy atom. The molecule has 4 nitrogen and oxygen atoms in total. The molecule has 0 saturated heterocycles. The normalized spacial score (nSPS) is 12.6. The molecule has 0 aliphatic carbocycles. The molecule has 0 aromatic heterocycles. The van der Waals surface area contributed by atoms with Crippen molar-refractivity contribution >= 4 is 28.7 Å². The summed E-state index contributed by atoms with van der Waals surface area (Å²) in [5.74, 6) is 0.731. The van der Waals surface area contributed by atoms with Gasteiger partial charge in [-0.3, -0.25) is 0 Å². The van der Waals surface area contributed by atoms with Crippen molar-refractivity contribution in [1.82, 2.24) is 0 Å². The molecule has 26 heavy (non-hydrogen) atoms. The summed E-state index contributed by atoms with van der Waals surface area (Å²) in [5.41, 5.74) is 9.89. The monoisotopic (exact) mass is 373 g/mol. The smallest absolute Gasteiger partial charge is 0.150 e. The molecule has 0 fully saturated rings. The van der Waals surface area contributed by atoms with E-state index in [-0.39, 0.29) is 10.8 Å². The predicted molar refractivity (Wildman–Crippen MR) is 110 cm³/mol. The fraction of sp³-hybridized carbons (Fsp3) is 0.429. The van der Waals surface area contributed by atoms with Crippen LogP contribution in [-0.4, -0.2) is 7.11 Å². The molecule has 0 heterocycles. The Bertz CT molecular complexity index is 830. The van der Waals surface area contributed by atoms with Crippen molar-refractivity contribution in [2.75, 3.05) is 12.8 Å². The fourth-order valence-corrected chi connectivity index (χ4v) is 2.77. The second-order valence-corrected chi connectivity index (χ2v) is 8.92. The van der Waals surface area contributed by atoms with Gasteiger partial charge < -0.3 is 10.5 Å². The molecule has 0 spiro atoms. The van der Waals surface area contributed by atoms with E-state index in [4.69, 9.17) is 22.1 Å². The number of benzene rings is 2. The van der Waals surface area contributed by atoms with Gasteiger partial charge in [0.15, 0.2) is 0 Å². The van der Waals surface area contributed by atoms with Crippen LogP contribution in [0.15, 0.2) is 40.6 Å². The van der Waals surface area contributed by atoms with Gasteiger partial charge in [0.25, 0.3) is 0 Å². The van der Waals surface area contributed by atoms with E-state index in [1.165, 1.54) is 5.56 Å². The molecule has 0 atom stereocenters. The van der Waals surface area contributed by atoms with Gasteiger partial charge in [0.05, 0.1) is 12.8 Å². The molecule has 0 amide bonds. The van der Waals surface area contributed by atoms with Crippen LogP contribution in [0.25, 0.3) is 0 Å². The maximum atomic E-state index is 6.05. The Morgan fingerprint density at radius 2 is 1.50 bits per heavy atom. The van der Waals surface area contributed by atoms with Gasteiger partial charge in [-0.2, -0.15) is 0 Å². The fourth-order valence-electron chi connectivity index (χ4n) is 2.60. The molecular formula is C21H28ClN3O. The summed E-state index contributed by atoms with van der Waals surface area (Å²) in [6.07, 6.45) is 0. The van der Waals surface area contributed by atoms with Crippen molar-refractivity contribution in [3.8, 4) is 5.75 Å². The number of azo groups is 1. The number of hydrogen-bond acceptors (Lipinski definition) is 4. The van der Waals surface area contributed by atoms with Gasteiger partial charge in [0.1, 0.15) is 17.1 Å². The number of nitrogen functional groups attached to an aromatic ring is 1. The second kappa shape index (κ2) is 7.28. The van der Waals surface area contributed by atoms with Gasteiger partial charge in [-0.1, -0.05) is 59.2 Å². The Hall–Kier alpha value is -2.07. The summed E-state index contributed by atoms with van der Waals surface area (Å²) in [5, 5.41) is 9.35. The van der Waals surface area contributed by atoms with Crippen LogP contribution in [0, 0.1) is 0 Å². The van der Waals surface area contributed by atoms with Crippen molar-refractivity contribution in [2.45, 2.75) is 52.4 Å².